The maximum atomic E-state index is 13.6. The Bertz CT molecular complexity index is 1060. The summed E-state index contributed by atoms with van der Waals surface area (Å²) < 4.78 is 383. The van der Waals surface area contributed by atoms with Gasteiger partial charge in [-0.25, -0.2) is 4.39 Å². The van der Waals surface area contributed by atoms with Gasteiger partial charge >= 0.3 is 83.2 Å². The molecule has 0 fully saturated rings. The lowest BCUT2D eigenvalue weighted by Gasteiger charge is -2.46. The molecule has 0 unspecified atom stereocenters. The first-order chi connectivity index (χ1) is 18.8. The van der Waals surface area contributed by atoms with Crippen LogP contribution in [0.5, 0.6) is 0 Å². The third kappa shape index (κ3) is 4.81. The van der Waals surface area contributed by atoms with Gasteiger partial charge in [0.05, 0.1) is 0 Å². The van der Waals surface area contributed by atoms with Crippen molar-refractivity contribution in [3.8, 4) is 0 Å². The number of hydrogen-bond donors (Lipinski definition) is 1. The zero-order valence-corrected chi connectivity index (χ0v) is 19.1. The molecular weight excluding hydrogens is 747 g/mol. The molecule has 1 nitrogen and oxygen atoms in total. The third-order valence-corrected chi connectivity index (χ3v) is 5.42. The van der Waals surface area contributed by atoms with Crippen molar-refractivity contribution in [2.45, 2.75) is 83.2 Å². The first-order valence-electron chi connectivity index (χ1n) is 9.40. The first-order valence-corrected chi connectivity index (χ1v) is 9.40. The van der Waals surface area contributed by atoms with Gasteiger partial charge in [0.15, 0.2) is 0 Å². The standard InChI is InChI=1S/C15H3F29O/c16-2(17,1-45)4(19,20)6(23,24)8(27,28)10(31,32)12(35,36)13(37,38)11(33,34)9(29,30)7(25,26)5(21,22)3(18,14(39,40)41)15(42,43)44/h45H,1H2. The van der Waals surface area contributed by atoms with Crippen molar-refractivity contribution in [3.63, 3.8) is 0 Å². The van der Waals surface area contributed by atoms with E-state index >= 15 is 0 Å². The van der Waals surface area contributed by atoms with Gasteiger partial charge in [-0.2, -0.15) is 123 Å². The van der Waals surface area contributed by atoms with E-state index in [9.17, 15) is 127 Å². The highest BCUT2D eigenvalue weighted by molar-refractivity contribution is 5.22. The average Bonchev–Trinajstić information content (AvgIpc) is 2.80. The third-order valence-electron chi connectivity index (χ3n) is 5.42. The minimum Gasteiger partial charge on any atom is -0.390 e. The van der Waals surface area contributed by atoms with Gasteiger partial charge in [-0.3, -0.25) is 0 Å². The van der Waals surface area contributed by atoms with Crippen LogP contribution in [0.1, 0.15) is 0 Å². The molecule has 0 bridgehead atoms. The van der Waals surface area contributed by atoms with Gasteiger partial charge in [0.25, 0.3) is 0 Å². The van der Waals surface area contributed by atoms with Gasteiger partial charge < -0.3 is 5.11 Å². The average molecular weight is 750 g/mol. The molecule has 0 rings (SSSR count). The number of alkyl halides is 29. The quantitative estimate of drug-likeness (QED) is 0.198. The van der Waals surface area contributed by atoms with Gasteiger partial charge in [0.2, 0.25) is 0 Å². The zero-order chi connectivity index (χ0) is 37.7. The Labute approximate surface area is 223 Å². The maximum absolute atomic E-state index is 13.6. The van der Waals surface area contributed by atoms with Crippen molar-refractivity contribution in [1.82, 2.24) is 0 Å². The Kier molecular flexibility index (Phi) is 9.74. The van der Waals surface area contributed by atoms with E-state index in [4.69, 9.17) is 5.11 Å². The molecule has 0 saturated carbocycles. The van der Waals surface area contributed by atoms with Crippen LogP contribution in [0.3, 0.4) is 0 Å². The smallest absolute Gasteiger partial charge is 0.390 e. The van der Waals surface area contributed by atoms with Crippen LogP contribution in [-0.2, 0) is 0 Å². The van der Waals surface area contributed by atoms with Crippen LogP contribution < -0.4 is 0 Å². The molecule has 0 atom stereocenters. The molecule has 0 spiro atoms. The number of aliphatic hydroxyl groups is 1. The van der Waals surface area contributed by atoms with Gasteiger partial charge in [0, 0.05) is 0 Å². The molecule has 0 aromatic rings. The van der Waals surface area contributed by atoms with Gasteiger partial charge in [0.1, 0.15) is 6.61 Å². The van der Waals surface area contributed by atoms with Crippen LogP contribution in [0, 0.1) is 0 Å². The topological polar surface area (TPSA) is 20.2 Å². The molecule has 1 N–H and O–H groups in total. The molecule has 0 radical (unpaired) electrons. The van der Waals surface area contributed by atoms with Gasteiger partial charge in [-0.15, -0.1) is 0 Å². The van der Waals surface area contributed by atoms with E-state index in [-0.39, 0.29) is 0 Å². The molecule has 0 heterocycles. The lowest BCUT2D eigenvalue weighted by molar-refractivity contribution is -0.489. The van der Waals surface area contributed by atoms with Crippen molar-refractivity contribution >= 4 is 0 Å². The van der Waals surface area contributed by atoms with Crippen molar-refractivity contribution < 1.29 is 132 Å². The molecule has 30 heteroatoms. The Morgan fingerprint density at radius 2 is 0.400 bits per heavy atom. The summed E-state index contributed by atoms with van der Waals surface area (Å²) in [5.41, 5.74) is -9.30. The number of halogens is 29. The highest BCUT2D eigenvalue weighted by Crippen LogP contribution is 2.69. The van der Waals surface area contributed by atoms with E-state index in [1.807, 2.05) is 0 Å². The maximum Gasteiger partial charge on any atom is 0.438 e. The molecule has 0 aliphatic rings. The SMILES string of the molecule is OCC(F)(F)C(F)(F)C(F)(F)C(F)(F)C(F)(F)C(F)(F)C(F)(F)C(F)(F)C(F)(F)C(F)(F)C(F)(F)C(F)(C(F)(F)F)C(F)(F)F. The number of rotatable bonds is 12. The predicted molar refractivity (Wildman–Crippen MR) is 77.5 cm³/mol. The number of aliphatic hydroxyl groups excluding tert-OH is 1. The van der Waals surface area contributed by atoms with E-state index in [1.165, 1.54) is 0 Å². The summed E-state index contributed by atoms with van der Waals surface area (Å²) >= 11 is 0. The molecule has 45 heavy (non-hydrogen) atoms. The first kappa shape index (κ1) is 42.9. The van der Waals surface area contributed by atoms with E-state index in [2.05, 4.69) is 0 Å². The van der Waals surface area contributed by atoms with Crippen molar-refractivity contribution in [2.75, 3.05) is 6.61 Å². The van der Waals surface area contributed by atoms with Crippen molar-refractivity contribution in [3.05, 3.63) is 0 Å². The van der Waals surface area contributed by atoms with Crippen LogP contribution >= 0.6 is 0 Å². The summed E-state index contributed by atoms with van der Waals surface area (Å²) in [4.78, 5) is 0. The Morgan fingerprint density at radius 3 is 0.556 bits per heavy atom. The summed E-state index contributed by atoms with van der Waals surface area (Å²) in [6.07, 6.45) is -17.5. The van der Waals surface area contributed by atoms with Crippen LogP contribution in [0.2, 0.25) is 0 Å². The van der Waals surface area contributed by atoms with Gasteiger partial charge in [-0.1, -0.05) is 0 Å². The molecule has 0 aliphatic heterocycles. The number of hydrogen-bond acceptors (Lipinski definition) is 1. The van der Waals surface area contributed by atoms with Gasteiger partial charge in [-0.05, 0) is 0 Å². The fourth-order valence-corrected chi connectivity index (χ4v) is 2.64. The molecule has 0 aliphatic carbocycles. The highest BCUT2D eigenvalue weighted by Gasteiger charge is 3.01. The summed E-state index contributed by atoms with van der Waals surface area (Å²) in [6, 6.07) is 0. The largest absolute Gasteiger partial charge is 0.438 e. The second-order valence-electron chi connectivity index (χ2n) is 8.26. The predicted octanol–water partition coefficient (Wildman–Crippen LogP) is 8.80. The fraction of sp³-hybridized carbons (Fsp3) is 1.00. The molecule has 272 valence electrons. The summed E-state index contributed by atoms with van der Waals surface area (Å²) in [7, 11) is 0. The summed E-state index contributed by atoms with van der Waals surface area (Å²) in [5.74, 6) is -103. The monoisotopic (exact) mass is 750 g/mol. The molecule has 0 amide bonds. The van der Waals surface area contributed by atoms with Crippen molar-refractivity contribution in [1.29, 1.82) is 0 Å². The van der Waals surface area contributed by atoms with Crippen molar-refractivity contribution in [2.24, 2.45) is 0 Å². The Balaban J connectivity index is 7.65. The molecule has 0 saturated heterocycles. The minimum atomic E-state index is -9.99. The fourth-order valence-electron chi connectivity index (χ4n) is 2.64. The van der Waals surface area contributed by atoms with E-state index in [0.717, 1.165) is 0 Å². The minimum absolute atomic E-state index is 3.86. The van der Waals surface area contributed by atoms with E-state index < -0.39 is 89.8 Å². The summed E-state index contributed by atoms with van der Waals surface area (Å²) in [5, 5.41) is 7.80. The van der Waals surface area contributed by atoms with Crippen LogP contribution in [0.15, 0.2) is 0 Å². The lowest BCUT2D eigenvalue weighted by atomic mass is 9.81. The van der Waals surface area contributed by atoms with E-state index in [1.54, 1.807) is 0 Å². The molecule has 0 aromatic carbocycles. The molecule has 0 aromatic heterocycles. The second-order valence-corrected chi connectivity index (χ2v) is 8.26. The lowest BCUT2D eigenvalue weighted by Crippen LogP contribution is -2.80. The normalized spacial score (nSPS) is 17.2. The van der Waals surface area contributed by atoms with Crippen LogP contribution in [-0.4, -0.2) is 94.9 Å². The Hall–Kier alpha value is -2.07. The molecular formula is C15H3F29O. The summed E-state index contributed by atoms with van der Waals surface area (Å²) in [6.45, 7) is -3.86. The zero-order valence-electron chi connectivity index (χ0n) is 19.1. The Morgan fingerprint density at radius 1 is 0.244 bits per heavy atom. The van der Waals surface area contributed by atoms with E-state index in [0.29, 0.717) is 0 Å². The second kappa shape index (κ2) is 10.2. The highest BCUT2D eigenvalue weighted by atomic mass is 19.4. The van der Waals surface area contributed by atoms with Crippen LogP contribution in [0.25, 0.3) is 0 Å². The van der Waals surface area contributed by atoms with Crippen LogP contribution in [0.4, 0.5) is 127 Å².